The fourth-order valence-electron chi connectivity index (χ4n) is 12.1. The summed E-state index contributed by atoms with van der Waals surface area (Å²) in [6.45, 7) is 14.2. The number of aliphatic hydroxyl groups is 1. The summed E-state index contributed by atoms with van der Waals surface area (Å²) in [5, 5.41) is 22.4. The minimum Gasteiger partial charge on any atom is -0.391 e. The molecule has 0 bridgehead atoms. The van der Waals surface area contributed by atoms with Gasteiger partial charge in [0.2, 0.25) is 29.2 Å². The number of piperazine rings is 1. The first-order valence-corrected chi connectivity index (χ1v) is 32.3. The predicted molar refractivity (Wildman–Crippen MR) is 340 cm³/mol. The highest BCUT2D eigenvalue weighted by Crippen LogP contribution is 2.36. The first kappa shape index (κ1) is 67.0. The van der Waals surface area contributed by atoms with Crippen LogP contribution in [0.15, 0.2) is 89.3 Å². The quantitative estimate of drug-likeness (QED) is 0.0272. The van der Waals surface area contributed by atoms with Crippen molar-refractivity contribution < 1.29 is 42.3 Å². The summed E-state index contributed by atoms with van der Waals surface area (Å²) >= 11 is 1.58. The van der Waals surface area contributed by atoms with E-state index >= 15 is 0 Å². The molecule has 17 nitrogen and oxygen atoms in total. The van der Waals surface area contributed by atoms with Gasteiger partial charge in [-0.25, -0.2) is 4.98 Å². The van der Waals surface area contributed by atoms with E-state index in [1.807, 2.05) is 94.9 Å². The molecule has 6 N–H and O–H groups in total. The molecular formula is C67H89F3N10O7S. The molecular weight excluding hydrogens is 1150 g/mol. The van der Waals surface area contributed by atoms with Gasteiger partial charge in [0.1, 0.15) is 12.1 Å². The lowest BCUT2D eigenvalue weighted by Gasteiger charge is -2.35. The number of aryl methyl sites for hydroxylation is 1. The van der Waals surface area contributed by atoms with Crippen LogP contribution in [0.1, 0.15) is 143 Å². The summed E-state index contributed by atoms with van der Waals surface area (Å²) in [4.78, 5) is 94.6. The van der Waals surface area contributed by atoms with Crippen LogP contribution in [0.2, 0.25) is 0 Å². The molecule has 0 unspecified atom stereocenters. The van der Waals surface area contributed by atoms with E-state index in [1.54, 1.807) is 11.3 Å². The molecule has 0 radical (unpaired) electrons. The predicted octanol–water partition coefficient (Wildman–Crippen LogP) is 9.97. The highest BCUT2D eigenvalue weighted by molar-refractivity contribution is 7.13. The topological polar surface area (TPSA) is 212 Å². The van der Waals surface area contributed by atoms with Gasteiger partial charge in [-0.05, 0) is 110 Å². The van der Waals surface area contributed by atoms with Crippen molar-refractivity contribution in [2.45, 2.75) is 155 Å². The molecule has 3 aliphatic heterocycles. The Morgan fingerprint density at radius 3 is 2.07 bits per heavy atom. The van der Waals surface area contributed by atoms with Gasteiger partial charge in [0, 0.05) is 83.9 Å². The zero-order chi connectivity index (χ0) is 63.0. The Morgan fingerprint density at radius 1 is 0.773 bits per heavy atom. The van der Waals surface area contributed by atoms with E-state index in [-0.39, 0.29) is 43.1 Å². The Labute approximate surface area is 519 Å². The van der Waals surface area contributed by atoms with Gasteiger partial charge in [0.15, 0.2) is 0 Å². The number of hydrogen-bond acceptors (Lipinski definition) is 12. The molecule has 3 atom stereocenters. The van der Waals surface area contributed by atoms with Crippen molar-refractivity contribution in [3.05, 3.63) is 123 Å². The number of hydrogen-bond donors (Lipinski definition) is 6. The number of carbonyl (C=O) groups is 5. The van der Waals surface area contributed by atoms with E-state index in [0.717, 1.165) is 142 Å². The standard InChI is InChI=1S/C67H89F3N10O7S/c1-45-61(88-44-74-45)49-22-20-47(21-23-49)41-73-64(86)57-39-52(81)43-80(57)65(87)62(66(2,3)4)76-59(83)19-14-12-10-8-6-7-9-11-13-18-58(82)71-28-31-78-29-26-46(27-30-78)36-48-16-15-17-50(37-48)51-24-25-56(79-34-32-77(5)33-35-79)55(38-51)75-63(85)53-42-72-60(84)40-54(53)67(68,69)70/h15-17,20-25,37-38,40,42,44,46,52,57,62,81H,6-14,18-19,26-36,39,41,43H2,1-5H3,(H,71,82)(H,72,84)(H,73,86)(H,75,85)(H,76,83)/t52-,57+,62-/m1/s1. The van der Waals surface area contributed by atoms with Crippen LogP contribution >= 0.6 is 11.3 Å². The minimum atomic E-state index is -4.90. The summed E-state index contributed by atoms with van der Waals surface area (Å²) in [6.07, 6.45) is 7.76. The third-order valence-electron chi connectivity index (χ3n) is 17.3. The number of nitrogens with zero attached hydrogens (tertiary/aromatic N) is 5. The molecule has 0 spiro atoms. The molecule has 476 valence electrons. The Bertz CT molecular complexity index is 3200. The van der Waals surface area contributed by atoms with Gasteiger partial charge < -0.3 is 51.0 Å². The second kappa shape index (κ2) is 31.5. The molecule has 5 aromatic rings. The van der Waals surface area contributed by atoms with E-state index in [2.05, 4.69) is 58.1 Å². The number of H-pyrrole nitrogens is 1. The lowest BCUT2D eigenvalue weighted by Crippen LogP contribution is -2.57. The number of likely N-dealkylation sites (tertiary alicyclic amines) is 2. The third-order valence-corrected chi connectivity index (χ3v) is 18.3. The summed E-state index contributed by atoms with van der Waals surface area (Å²) in [5.74, 6) is -1.31. The molecule has 3 fully saturated rings. The Kier molecular flexibility index (Phi) is 24.0. The van der Waals surface area contributed by atoms with Crippen LogP contribution < -0.4 is 31.7 Å². The number of piperidine rings is 1. The normalized spacial score (nSPS) is 17.4. The van der Waals surface area contributed by atoms with Gasteiger partial charge in [0.05, 0.1) is 44.7 Å². The maximum atomic E-state index is 14.1. The number of thiazole rings is 1. The molecule has 2 aromatic heterocycles. The molecule has 88 heavy (non-hydrogen) atoms. The smallest absolute Gasteiger partial charge is 0.391 e. The van der Waals surface area contributed by atoms with Crippen molar-refractivity contribution in [2.75, 3.05) is 76.2 Å². The molecule has 3 aliphatic rings. The fraction of sp³-hybridized carbons (Fsp3) is 0.537. The number of nitrogens with one attached hydrogen (secondary N) is 5. The van der Waals surface area contributed by atoms with Crippen LogP contribution in [0, 0.1) is 18.3 Å². The highest BCUT2D eigenvalue weighted by atomic mass is 32.1. The largest absolute Gasteiger partial charge is 0.417 e. The van der Waals surface area contributed by atoms with Crippen LogP contribution in [-0.2, 0) is 38.3 Å². The average Bonchev–Trinajstić information content (AvgIpc) is 2.81. The lowest BCUT2D eigenvalue weighted by molar-refractivity contribution is -0.144. The van der Waals surface area contributed by atoms with E-state index < -0.39 is 52.4 Å². The van der Waals surface area contributed by atoms with Crippen molar-refractivity contribution in [2.24, 2.45) is 11.3 Å². The minimum absolute atomic E-state index is 0.0220. The third kappa shape index (κ3) is 19.3. The number of carbonyl (C=O) groups excluding carboxylic acids is 5. The fourth-order valence-corrected chi connectivity index (χ4v) is 12.9. The number of unbranched alkanes of at least 4 members (excludes halogenated alkanes) is 8. The molecule has 0 saturated carbocycles. The van der Waals surface area contributed by atoms with E-state index in [9.17, 15) is 47.0 Å². The van der Waals surface area contributed by atoms with Crippen LogP contribution in [0.4, 0.5) is 24.5 Å². The summed E-state index contributed by atoms with van der Waals surface area (Å²) in [7, 11) is 2.03. The van der Waals surface area contributed by atoms with Crippen LogP contribution in [0.25, 0.3) is 21.6 Å². The monoisotopic (exact) mass is 1230 g/mol. The number of pyridine rings is 1. The number of halogens is 3. The molecule has 0 aliphatic carbocycles. The second-order valence-electron chi connectivity index (χ2n) is 25.3. The van der Waals surface area contributed by atoms with Crippen LogP contribution in [-0.4, -0.2) is 143 Å². The number of anilines is 2. The first-order valence-electron chi connectivity index (χ1n) is 31.4. The van der Waals surface area contributed by atoms with E-state index in [4.69, 9.17) is 0 Å². The van der Waals surface area contributed by atoms with Crippen molar-refractivity contribution >= 4 is 52.2 Å². The number of likely N-dealkylation sites (N-methyl/N-ethyl adjacent to an activating group) is 1. The lowest BCUT2D eigenvalue weighted by atomic mass is 9.85. The maximum Gasteiger partial charge on any atom is 0.417 e. The number of benzene rings is 3. The van der Waals surface area contributed by atoms with Gasteiger partial charge in [-0.15, -0.1) is 11.3 Å². The molecule has 8 rings (SSSR count). The average molecular weight is 1240 g/mol. The molecule has 5 heterocycles. The van der Waals surface area contributed by atoms with Gasteiger partial charge in [-0.1, -0.05) is 120 Å². The summed E-state index contributed by atoms with van der Waals surface area (Å²) in [5.41, 5.74) is 5.23. The van der Waals surface area contributed by atoms with Crippen molar-refractivity contribution in [1.82, 2.24) is 40.6 Å². The Morgan fingerprint density at radius 2 is 1.42 bits per heavy atom. The Balaban J connectivity index is 0.670. The van der Waals surface area contributed by atoms with Gasteiger partial charge in [0.25, 0.3) is 5.91 Å². The van der Waals surface area contributed by atoms with Crippen LogP contribution in [0.5, 0.6) is 0 Å². The first-order chi connectivity index (χ1) is 42.1. The number of alkyl halides is 3. The van der Waals surface area contributed by atoms with Crippen molar-refractivity contribution in [3.8, 4) is 21.6 Å². The van der Waals surface area contributed by atoms with Crippen molar-refractivity contribution in [1.29, 1.82) is 0 Å². The van der Waals surface area contributed by atoms with Gasteiger partial charge >= 0.3 is 6.18 Å². The number of amides is 5. The summed E-state index contributed by atoms with van der Waals surface area (Å²) in [6, 6.07) is 20.6. The second-order valence-corrected chi connectivity index (χ2v) is 26.1. The van der Waals surface area contributed by atoms with Gasteiger partial charge in [-0.3, -0.25) is 28.8 Å². The van der Waals surface area contributed by atoms with Gasteiger partial charge in [-0.2, -0.15) is 13.2 Å². The zero-order valence-corrected chi connectivity index (χ0v) is 52.6. The Hall–Kier alpha value is -6.94. The summed E-state index contributed by atoms with van der Waals surface area (Å²) < 4.78 is 41.9. The number of β-amino-alcohol motifs (C(OH)–C–C–N with tert-alkyl or cyclic N) is 1. The molecule has 3 saturated heterocycles. The number of aromatic amines is 1. The van der Waals surface area contributed by atoms with E-state index in [1.165, 1.54) is 10.5 Å². The zero-order valence-electron chi connectivity index (χ0n) is 51.7. The molecule has 21 heteroatoms. The number of rotatable bonds is 27. The number of aliphatic hydroxyl groups excluding tert-OH is 1. The van der Waals surface area contributed by atoms with E-state index in [0.29, 0.717) is 62.3 Å². The number of aromatic nitrogens is 2. The van der Waals surface area contributed by atoms with Crippen LogP contribution in [0.3, 0.4) is 0 Å². The van der Waals surface area contributed by atoms with Crippen molar-refractivity contribution in [3.63, 3.8) is 0 Å². The maximum absolute atomic E-state index is 14.1. The molecule has 5 amide bonds. The molecule has 3 aromatic carbocycles. The SMILES string of the molecule is Cc1ncsc1-c1ccc(CNC(=O)[C@@H]2C[C@@H](O)CN2C(=O)[C@@H](NC(=O)CCCCCCCCCCCC(=O)NCCN2CCC(Cc3cccc(-c4ccc(N5CCN(C)CC5)c(NC(=O)c5c[nH]c(=O)cc5C(F)(F)F)c4)c3)CC2)C(C)(C)C)cc1. The highest BCUT2D eigenvalue weighted by Gasteiger charge is 2.44.